The van der Waals surface area contributed by atoms with Gasteiger partial charge >= 0.3 is 12.0 Å². The highest BCUT2D eigenvalue weighted by molar-refractivity contribution is 5.88. The molecule has 0 bridgehead atoms. The molecule has 9 heteroatoms. The number of carbonyl (C=O) groups is 1. The molecule has 8 nitrogen and oxygen atoms in total. The summed E-state index contributed by atoms with van der Waals surface area (Å²) in [5, 5.41) is 14.3. The van der Waals surface area contributed by atoms with Crippen molar-refractivity contribution in [2.75, 3.05) is 10.6 Å². The van der Waals surface area contributed by atoms with Crippen molar-refractivity contribution in [3.8, 4) is 0 Å². The molecule has 0 saturated carbocycles. The van der Waals surface area contributed by atoms with E-state index in [1.807, 2.05) is 72.0 Å². The monoisotopic (exact) mass is 385 g/mol. The number of carbonyl (C=O) groups excluding carboxylic acids is 1. The molecule has 0 fully saturated rings. The quantitative estimate of drug-likeness (QED) is 0.440. The van der Waals surface area contributed by atoms with Gasteiger partial charge in [-0.3, -0.25) is 0 Å². The minimum atomic E-state index is -0.584. The van der Waals surface area contributed by atoms with Crippen LogP contribution in [-0.4, -0.2) is 10.6 Å². The summed E-state index contributed by atoms with van der Waals surface area (Å²) < 4.78 is 3.80. The van der Waals surface area contributed by atoms with Crippen LogP contribution >= 0.6 is 0 Å². The molecule has 1 aromatic heterocycles. The van der Waals surface area contributed by atoms with E-state index in [0.29, 0.717) is 5.69 Å². The number of benzene rings is 2. The van der Waals surface area contributed by atoms with Crippen LogP contribution < -0.4 is 33.3 Å². The van der Waals surface area contributed by atoms with Crippen molar-refractivity contribution in [1.82, 2.24) is 4.57 Å². The van der Waals surface area contributed by atoms with E-state index < -0.39 is 6.03 Å². The predicted octanol–water partition coefficient (Wildman–Crippen LogP) is 0.503. The van der Waals surface area contributed by atoms with Gasteiger partial charge in [0.05, 0.1) is 26.5 Å². The van der Waals surface area contributed by atoms with Gasteiger partial charge in [-0.05, 0) is 48.5 Å². The largest absolute Gasteiger partial charge is 1.00 e. The van der Waals surface area contributed by atoms with Crippen LogP contribution in [0, 0.1) is 0 Å². The SMILES string of the molecule is Cn1cc[n+](C)c1N=Nc1ccc(Nc2ccc(NC(N)=O)cc2)cc1.[Cl-]. The number of nitrogens with zero attached hydrogens (tertiary/aromatic N) is 4. The zero-order valence-corrected chi connectivity index (χ0v) is 15.7. The van der Waals surface area contributed by atoms with Crippen LogP contribution in [0.2, 0.25) is 0 Å². The Kier molecular flexibility index (Phi) is 6.51. The zero-order valence-electron chi connectivity index (χ0n) is 14.9. The first-order valence-electron chi connectivity index (χ1n) is 7.97. The van der Waals surface area contributed by atoms with E-state index in [1.54, 1.807) is 12.1 Å². The Morgan fingerprint density at radius 2 is 1.56 bits per heavy atom. The second-order valence-electron chi connectivity index (χ2n) is 5.76. The fourth-order valence-electron chi connectivity index (χ4n) is 2.38. The van der Waals surface area contributed by atoms with Gasteiger partial charge in [-0.25, -0.2) is 13.9 Å². The van der Waals surface area contributed by atoms with Crippen molar-refractivity contribution in [3.63, 3.8) is 0 Å². The highest BCUT2D eigenvalue weighted by Crippen LogP contribution is 2.22. The van der Waals surface area contributed by atoms with Crippen molar-refractivity contribution in [2.24, 2.45) is 30.1 Å². The average molecular weight is 386 g/mol. The number of aromatic nitrogens is 2. The van der Waals surface area contributed by atoms with E-state index in [4.69, 9.17) is 5.73 Å². The van der Waals surface area contributed by atoms with E-state index in [1.165, 1.54) is 0 Å². The molecular formula is C18H20ClN7O. The van der Waals surface area contributed by atoms with Crippen molar-refractivity contribution in [3.05, 3.63) is 60.9 Å². The lowest BCUT2D eigenvalue weighted by Crippen LogP contribution is -3.00. The molecule has 1 heterocycles. The summed E-state index contributed by atoms with van der Waals surface area (Å²) in [6.07, 6.45) is 3.84. The number of amides is 2. The van der Waals surface area contributed by atoms with Crippen molar-refractivity contribution >= 4 is 34.7 Å². The topological polar surface area (TPSA) is 101 Å². The second kappa shape index (κ2) is 8.81. The maximum atomic E-state index is 10.8. The predicted molar refractivity (Wildman–Crippen MR) is 100 cm³/mol. The van der Waals surface area contributed by atoms with Crippen molar-refractivity contribution < 1.29 is 21.8 Å². The van der Waals surface area contributed by atoms with Gasteiger partial charge in [0.25, 0.3) is 0 Å². The maximum absolute atomic E-state index is 10.8. The first kappa shape index (κ1) is 19.9. The van der Waals surface area contributed by atoms with E-state index in [0.717, 1.165) is 23.0 Å². The van der Waals surface area contributed by atoms with E-state index in [2.05, 4.69) is 20.9 Å². The van der Waals surface area contributed by atoms with Crippen LogP contribution in [0.3, 0.4) is 0 Å². The van der Waals surface area contributed by atoms with Gasteiger partial charge in [0.1, 0.15) is 5.69 Å². The Bertz CT molecular complexity index is 914. The summed E-state index contributed by atoms with van der Waals surface area (Å²) in [4.78, 5) is 10.8. The van der Waals surface area contributed by atoms with Crippen LogP contribution in [0.5, 0.6) is 0 Å². The molecule has 0 spiro atoms. The Labute approximate surface area is 163 Å². The number of hydrogen-bond donors (Lipinski definition) is 3. The standard InChI is InChI=1S/C18H19N7O.ClH/c1-24-11-12-25(2)18(24)23-22-16-9-7-14(8-10-16)20-13-3-5-15(6-4-13)21-17(19)26;/h3-12H,1-2H3,(H3,19,21,22,26);1H. The third-order valence-electron chi connectivity index (χ3n) is 3.71. The number of aryl methyl sites for hydroxylation is 2. The number of nitrogens with two attached hydrogens (primary N) is 1. The fraction of sp³-hybridized carbons (Fsp3) is 0.111. The van der Waals surface area contributed by atoms with Gasteiger partial charge < -0.3 is 28.8 Å². The molecule has 4 N–H and O–H groups in total. The summed E-state index contributed by atoms with van der Waals surface area (Å²) in [7, 11) is 3.84. The molecule has 0 atom stereocenters. The Morgan fingerprint density at radius 1 is 1.00 bits per heavy atom. The zero-order chi connectivity index (χ0) is 18.5. The lowest BCUT2D eigenvalue weighted by atomic mass is 10.2. The fourth-order valence-corrected chi connectivity index (χ4v) is 2.38. The first-order valence-corrected chi connectivity index (χ1v) is 7.97. The molecule has 3 rings (SSSR count). The third kappa shape index (κ3) is 5.29. The number of urea groups is 1. The van der Waals surface area contributed by atoms with Gasteiger partial charge in [0.2, 0.25) is 0 Å². The molecule has 0 saturated heterocycles. The van der Waals surface area contributed by atoms with Gasteiger partial charge in [-0.15, -0.1) is 0 Å². The van der Waals surface area contributed by atoms with Crippen LogP contribution in [-0.2, 0) is 14.1 Å². The Balaban J connectivity index is 0.00000261. The number of nitrogens with one attached hydrogen (secondary N) is 2. The maximum Gasteiger partial charge on any atom is 0.421 e. The van der Waals surface area contributed by atoms with Gasteiger partial charge in [0.15, 0.2) is 0 Å². The van der Waals surface area contributed by atoms with Crippen LogP contribution in [0.15, 0.2) is 71.2 Å². The number of imidazole rings is 1. The Morgan fingerprint density at radius 3 is 2.07 bits per heavy atom. The average Bonchev–Trinajstić information content (AvgIpc) is 2.94. The third-order valence-corrected chi connectivity index (χ3v) is 3.71. The molecule has 0 radical (unpaired) electrons. The van der Waals surface area contributed by atoms with Crippen LogP contribution in [0.1, 0.15) is 0 Å². The lowest BCUT2D eigenvalue weighted by molar-refractivity contribution is -0.657. The van der Waals surface area contributed by atoms with Gasteiger partial charge in [0, 0.05) is 22.2 Å². The number of rotatable bonds is 5. The lowest BCUT2D eigenvalue weighted by Gasteiger charge is -2.07. The smallest absolute Gasteiger partial charge is 0.421 e. The number of primary amides is 1. The molecule has 0 aliphatic carbocycles. The minimum absolute atomic E-state index is 0. The summed E-state index contributed by atoms with van der Waals surface area (Å²) in [5.74, 6) is 0.761. The molecule has 0 aliphatic rings. The van der Waals surface area contributed by atoms with Crippen molar-refractivity contribution in [1.29, 1.82) is 0 Å². The van der Waals surface area contributed by atoms with Crippen LogP contribution in [0.25, 0.3) is 0 Å². The molecule has 0 aliphatic heterocycles. The summed E-state index contributed by atoms with van der Waals surface area (Å²) in [6, 6.07) is 14.3. The Hall–Kier alpha value is -3.39. The molecular weight excluding hydrogens is 366 g/mol. The molecule has 27 heavy (non-hydrogen) atoms. The van der Waals surface area contributed by atoms with E-state index in [-0.39, 0.29) is 12.4 Å². The van der Waals surface area contributed by atoms with E-state index >= 15 is 0 Å². The summed E-state index contributed by atoms with van der Waals surface area (Å²) in [5.41, 5.74) is 8.31. The highest BCUT2D eigenvalue weighted by Gasteiger charge is 2.10. The summed E-state index contributed by atoms with van der Waals surface area (Å²) >= 11 is 0. The van der Waals surface area contributed by atoms with Crippen molar-refractivity contribution in [2.45, 2.75) is 0 Å². The normalized spacial score (nSPS) is 10.4. The number of azo groups is 1. The minimum Gasteiger partial charge on any atom is -1.00 e. The summed E-state index contributed by atoms with van der Waals surface area (Å²) in [6.45, 7) is 0. The first-order chi connectivity index (χ1) is 12.5. The molecule has 3 aromatic rings. The van der Waals surface area contributed by atoms with E-state index in [9.17, 15) is 4.79 Å². The molecule has 2 aromatic carbocycles. The number of halogens is 1. The molecule has 0 unspecified atom stereocenters. The molecule has 2 amide bonds. The van der Waals surface area contributed by atoms with Gasteiger partial charge in [-0.1, -0.05) is 5.11 Å². The number of hydrogen-bond acceptors (Lipinski definition) is 4. The second-order valence-corrected chi connectivity index (χ2v) is 5.76. The molecule has 140 valence electrons. The van der Waals surface area contributed by atoms with Crippen LogP contribution in [0.4, 0.5) is 33.5 Å². The van der Waals surface area contributed by atoms with Gasteiger partial charge in [-0.2, -0.15) is 0 Å². The number of anilines is 3. The highest BCUT2D eigenvalue weighted by atomic mass is 35.5.